The van der Waals surface area contributed by atoms with Gasteiger partial charge in [0.05, 0.1) is 11.0 Å². The molecule has 1 aromatic heterocycles. The number of nitro groups is 1. The Hall–Kier alpha value is -3.22. The number of rotatable bonds is 4. The number of aryl methyl sites for hydroxylation is 2. The molecule has 7 nitrogen and oxygen atoms in total. The van der Waals surface area contributed by atoms with Gasteiger partial charge in [0.25, 0.3) is 5.69 Å². The van der Waals surface area contributed by atoms with Gasteiger partial charge in [0.1, 0.15) is 11.5 Å². The molecule has 0 aliphatic rings. The SMILES string of the molecule is Cc1nc(-c2cccc(Oc3ccc(C)c([N+](=O)[O-])c3)c2)no1. The molecule has 3 rings (SSSR count). The van der Waals surface area contributed by atoms with Crippen LogP contribution in [0.3, 0.4) is 0 Å². The summed E-state index contributed by atoms with van der Waals surface area (Å²) in [7, 11) is 0. The van der Waals surface area contributed by atoms with E-state index in [9.17, 15) is 10.1 Å². The molecule has 116 valence electrons. The lowest BCUT2D eigenvalue weighted by atomic mass is 10.2. The molecule has 0 saturated heterocycles. The maximum atomic E-state index is 11.0. The van der Waals surface area contributed by atoms with Crippen LogP contribution in [0.1, 0.15) is 11.5 Å². The van der Waals surface area contributed by atoms with Gasteiger partial charge in [-0.25, -0.2) is 0 Å². The van der Waals surface area contributed by atoms with Gasteiger partial charge in [-0.15, -0.1) is 0 Å². The van der Waals surface area contributed by atoms with Crippen LogP contribution in [-0.2, 0) is 0 Å². The Labute approximate surface area is 131 Å². The van der Waals surface area contributed by atoms with Crippen LogP contribution in [-0.4, -0.2) is 15.1 Å². The Morgan fingerprint density at radius 1 is 1.13 bits per heavy atom. The molecule has 23 heavy (non-hydrogen) atoms. The van der Waals surface area contributed by atoms with Crippen molar-refractivity contribution in [3.8, 4) is 22.9 Å². The first kappa shape index (κ1) is 14.7. The molecule has 0 aliphatic carbocycles. The lowest BCUT2D eigenvalue weighted by Gasteiger charge is -2.07. The molecule has 0 N–H and O–H groups in total. The zero-order valence-corrected chi connectivity index (χ0v) is 12.5. The summed E-state index contributed by atoms with van der Waals surface area (Å²) in [6, 6.07) is 11.9. The minimum atomic E-state index is -0.430. The first-order valence-corrected chi connectivity index (χ1v) is 6.86. The van der Waals surface area contributed by atoms with E-state index in [1.54, 1.807) is 44.2 Å². The zero-order chi connectivity index (χ0) is 16.4. The molecule has 0 spiro atoms. The van der Waals surface area contributed by atoms with Gasteiger partial charge < -0.3 is 9.26 Å². The van der Waals surface area contributed by atoms with Crippen molar-refractivity contribution in [2.45, 2.75) is 13.8 Å². The van der Waals surface area contributed by atoms with Crippen LogP contribution in [0.2, 0.25) is 0 Å². The van der Waals surface area contributed by atoms with E-state index in [4.69, 9.17) is 9.26 Å². The third-order valence-electron chi connectivity index (χ3n) is 3.23. The topological polar surface area (TPSA) is 91.3 Å². The summed E-state index contributed by atoms with van der Waals surface area (Å²) in [5.41, 5.74) is 1.34. The van der Waals surface area contributed by atoms with E-state index >= 15 is 0 Å². The predicted octanol–water partition coefficient (Wildman–Crippen LogP) is 4.05. The van der Waals surface area contributed by atoms with Crippen molar-refractivity contribution in [1.29, 1.82) is 0 Å². The van der Waals surface area contributed by atoms with Gasteiger partial charge in [0.15, 0.2) is 0 Å². The highest BCUT2D eigenvalue weighted by molar-refractivity contribution is 5.57. The first-order chi connectivity index (χ1) is 11.0. The van der Waals surface area contributed by atoms with E-state index in [0.717, 1.165) is 5.56 Å². The van der Waals surface area contributed by atoms with Crippen molar-refractivity contribution in [3.05, 3.63) is 64.0 Å². The molecule has 0 aliphatic heterocycles. The first-order valence-electron chi connectivity index (χ1n) is 6.86. The van der Waals surface area contributed by atoms with Crippen LogP contribution in [0, 0.1) is 24.0 Å². The Morgan fingerprint density at radius 2 is 1.91 bits per heavy atom. The van der Waals surface area contributed by atoms with Gasteiger partial charge >= 0.3 is 0 Å². The van der Waals surface area contributed by atoms with Crippen LogP contribution in [0.15, 0.2) is 47.0 Å². The van der Waals surface area contributed by atoms with Gasteiger partial charge in [0, 0.05) is 18.1 Å². The number of nitro benzene ring substituents is 1. The van der Waals surface area contributed by atoms with E-state index in [2.05, 4.69) is 10.1 Å². The van der Waals surface area contributed by atoms with Gasteiger partial charge in [-0.1, -0.05) is 17.3 Å². The maximum Gasteiger partial charge on any atom is 0.276 e. The molecule has 2 aromatic carbocycles. The molecule has 0 saturated carbocycles. The average Bonchev–Trinajstić information content (AvgIpc) is 2.96. The normalized spacial score (nSPS) is 10.5. The van der Waals surface area contributed by atoms with Crippen molar-refractivity contribution >= 4 is 5.69 Å². The van der Waals surface area contributed by atoms with E-state index in [-0.39, 0.29) is 5.69 Å². The number of nitrogens with zero attached hydrogens (tertiary/aromatic N) is 3. The minimum absolute atomic E-state index is 0.0208. The van der Waals surface area contributed by atoms with E-state index in [0.29, 0.717) is 28.8 Å². The molecule has 3 aromatic rings. The summed E-state index contributed by atoms with van der Waals surface area (Å²) in [6.07, 6.45) is 0. The molecular weight excluding hydrogens is 298 g/mol. The summed E-state index contributed by atoms with van der Waals surface area (Å²) >= 11 is 0. The Balaban J connectivity index is 1.89. The zero-order valence-electron chi connectivity index (χ0n) is 12.5. The lowest BCUT2D eigenvalue weighted by molar-refractivity contribution is -0.385. The van der Waals surface area contributed by atoms with Crippen molar-refractivity contribution < 1.29 is 14.2 Å². The van der Waals surface area contributed by atoms with Crippen LogP contribution in [0.4, 0.5) is 5.69 Å². The molecule has 0 atom stereocenters. The van der Waals surface area contributed by atoms with E-state index < -0.39 is 4.92 Å². The van der Waals surface area contributed by atoms with Crippen molar-refractivity contribution in [3.63, 3.8) is 0 Å². The summed E-state index contributed by atoms with van der Waals surface area (Å²) in [6.45, 7) is 3.39. The van der Waals surface area contributed by atoms with Crippen LogP contribution < -0.4 is 4.74 Å². The lowest BCUT2D eigenvalue weighted by Crippen LogP contribution is -1.93. The summed E-state index contributed by atoms with van der Waals surface area (Å²) in [5.74, 6) is 1.86. The molecule has 0 amide bonds. The van der Waals surface area contributed by atoms with Gasteiger partial charge in [-0.3, -0.25) is 10.1 Å². The highest BCUT2D eigenvalue weighted by atomic mass is 16.6. The molecule has 0 bridgehead atoms. The fraction of sp³-hybridized carbons (Fsp3) is 0.125. The number of ether oxygens (including phenoxy) is 1. The Bertz CT molecular complexity index is 873. The van der Waals surface area contributed by atoms with Gasteiger partial charge in [0.2, 0.25) is 11.7 Å². The number of hydrogen-bond acceptors (Lipinski definition) is 6. The van der Waals surface area contributed by atoms with Crippen LogP contribution >= 0.6 is 0 Å². The Kier molecular flexibility index (Phi) is 3.76. The second-order valence-electron chi connectivity index (χ2n) is 4.97. The highest BCUT2D eigenvalue weighted by Crippen LogP contribution is 2.29. The minimum Gasteiger partial charge on any atom is -0.457 e. The van der Waals surface area contributed by atoms with Crippen LogP contribution in [0.5, 0.6) is 11.5 Å². The number of hydrogen-bond donors (Lipinski definition) is 0. The van der Waals surface area contributed by atoms with Gasteiger partial charge in [-0.2, -0.15) is 4.98 Å². The van der Waals surface area contributed by atoms with E-state index in [1.807, 2.05) is 6.07 Å². The molecule has 1 heterocycles. The van der Waals surface area contributed by atoms with Crippen LogP contribution in [0.25, 0.3) is 11.4 Å². The summed E-state index contributed by atoms with van der Waals surface area (Å²) in [4.78, 5) is 14.7. The smallest absolute Gasteiger partial charge is 0.276 e. The van der Waals surface area contributed by atoms with E-state index in [1.165, 1.54) is 6.07 Å². The standard InChI is InChI=1S/C16H13N3O4/c1-10-6-7-14(9-15(10)19(20)21)22-13-5-3-4-12(8-13)16-17-11(2)23-18-16/h3-9H,1-2H3. The second kappa shape index (κ2) is 5.88. The monoisotopic (exact) mass is 311 g/mol. The fourth-order valence-electron chi connectivity index (χ4n) is 2.10. The quantitative estimate of drug-likeness (QED) is 0.533. The maximum absolute atomic E-state index is 11.0. The number of benzene rings is 2. The summed E-state index contributed by atoms with van der Waals surface area (Å²) < 4.78 is 10.7. The molecule has 0 unspecified atom stereocenters. The third-order valence-corrected chi connectivity index (χ3v) is 3.23. The number of aromatic nitrogens is 2. The van der Waals surface area contributed by atoms with Crippen molar-refractivity contribution in [2.75, 3.05) is 0 Å². The summed E-state index contributed by atoms with van der Waals surface area (Å²) in [5, 5.41) is 14.8. The van der Waals surface area contributed by atoms with Crippen molar-refractivity contribution in [1.82, 2.24) is 10.1 Å². The Morgan fingerprint density at radius 3 is 2.61 bits per heavy atom. The predicted molar refractivity (Wildman–Crippen MR) is 82.4 cm³/mol. The van der Waals surface area contributed by atoms with Crippen molar-refractivity contribution in [2.24, 2.45) is 0 Å². The highest BCUT2D eigenvalue weighted by Gasteiger charge is 2.13. The average molecular weight is 311 g/mol. The molecule has 0 fully saturated rings. The second-order valence-corrected chi connectivity index (χ2v) is 4.97. The molecular formula is C16H13N3O4. The van der Waals surface area contributed by atoms with Gasteiger partial charge in [-0.05, 0) is 31.2 Å². The third kappa shape index (κ3) is 3.18. The molecule has 7 heteroatoms. The molecule has 0 radical (unpaired) electrons. The fourth-order valence-corrected chi connectivity index (χ4v) is 2.10. The largest absolute Gasteiger partial charge is 0.457 e.